The lowest BCUT2D eigenvalue weighted by Gasteiger charge is -2.16. The van der Waals surface area contributed by atoms with Crippen molar-refractivity contribution in [1.82, 2.24) is 0 Å². The smallest absolute Gasteiger partial charge is 0.293 e. The lowest BCUT2D eigenvalue weighted by molar-refractivity contribution is 0.0962. The Morgan fingerprint density at radius 1 is 1.08 bits per heavy atom. The summed E-state index contributed by atoms with van der Waals surface area (Å²) in [6, 6.07) is 14.1. The molecule has 0 saturated heterocycles. The van der Waals surface area contributed by atoms with Crippen molar-refractivity contribution in [3.63, 3.8) is 0 Å². The zero-order chi connectivity index (χ0) is 18.1. The lowest BCUT2D eigenvalue weighted by atomic mass is 10.1. The van der Waals surface area contributed by atoms with Crippen molar-refractivity contribution < 1.29 is 18.4 Å². The maximum atomic E-state index is 13.0. The summed E-state index contributed by atoms with van der Waals surface area (Å²) < 4.78 is 18.1. The van der Waals surface area contributed by atoms with Crippen LogP contribution in [0.15, 0.2) is 65.3 Å². The van der Waals surface area contributed by atoms with Gasteiger partial charge in [-0.2, -0.15) is 0 Å². The first-order chi connectivity index (χ1) is 12.6. The van der Waals surface area contributed by atoms with Crippen molar-refractivity contribution in [1.29, 1.82) is 0 Å². The van der Waals surface area contributed by atoms with Gasteiger partial charge < -0.3 is 14.6 Å². The van der Waals surface area contributed by atoms with Crippen LogP contribution in [0.5, 0.6) is 0 Å². The van der Waals surface area contributed by atoms with Crippen molar-refractivity contribution >= 4 is 23.2 Å². The van der Waals surface area contributed by atoms with Crippen LogP contribution in [0, 0.1) is 5.82 Å². The summed E-state index contributed by atoms with van der Waals surface area (Å²) in [5.41, 5.74) is 2.79. The Kier molecular flexibility index (Phi) is 4.01. The van der Waals surface area contributed by atoms with Gasteiger partial charge in [0.05, 0.1) is 6.26 Å². The molecule has 4 rings (SSSR count). The number of anilines is 2. The molecule has 0 unspecified atom stereocenters. The maximum absolute atomic E-state index is 13.0. The van der Waals surface area contributed by atoms with Crippen LogP contribution in [0.4, 0.5) is 15.8 Å². The summed E-state index contributed by atoms with van der Waals surface area (Å²) in [4.78, 5) is 26.4. The van der Waals surface area contributed by atoms with Crippen LogP contribution in [0.3, 0.4) is 0 Å². The van der Waals surface area contributed by atoms with Gasteiger partial charge in [0, 0.05) is 23.5 Å². The Morgan fingerprint density at radius 2 is 1.88 bits per heavy atom. The average Bonchev–Trinajstić information content (AvgIpc) is 3.31. The molecule has 0 radical (unpaired) electrons. The molecule has 1 aromatic heterocycles. The van der Waals surface area contributed by atoms with Gasteiger partial charge in [-0.3, -0.25) is 9.59 Å². The molecule has 1 aliphatic rings. The molecule has 5 nitrogen and oxygen atoms in total. The molecule has 0 bridgehead atoms. The summed E-state index contributed by atoms with van der Waals surface area (Å²) in [7, 11) is 0. The molecule has 2 amide bonds. The number of carbonyl (C=O) groups excluding carboxylic acids is 2. The number of benzene rings is 2. The van der Waals surface area contributed by atoms with Gasteiger partial charge in [-0.1, -0.05) is 0 Å². The summed E-state index contributed by atoms with van der Waals surface area (Å²) in [6.45, 7) is 0.560. The van der Waals surface area contributed by atoms with E-state index in [2.05, 4.69) is 5.32 Å². The number of furan rings is 1. The largest absolute Gasteiger partial charge is 0.459 e. The van der Waals surface area contributed by atoms with Crippen molar-refractivity contribution in [2.75, 3.05) is 16.8 Å². The molecule has 26 heavy (non-hydrogen) atoms. The van der Waals surface area contributed by atoms with Crippen LogP contribution >= 0.6 is 0 Å². The van der Waals surface area contributed by atoms with E-state index in [0.717, 1.165) is 11.3 Å². The molecular weight excluding hydrogens is 335 g/mol. The van der Waals surface area contributed by atoms with E-state index in [1.165, 1.54) is 30.5 Å². The van der Waals surface area contributed by atoms with Gasteiger partial charge in [0.1, 0.15) is 5.82 Å². The minimum Gasteiger partial charge on any atom is -0.459 e. The minimum atomic E-state index is -0.389. The molecule has 2 aromatic carbocycles. The van der Waals surface area contributed by atoms with E-state index in [-0.39, 0.29) is 17.6 Å². The zero-order valence-corrected chi connectivity index (χ0v) is 13.7. The monoisotopic (exact) mass is 350 g/mol. The van der Waals surface area contributed by atoms with Crippen LogP contribution < -0.4 is 10.2 Å². The highest BCUT2D eigenvalue weighted by Gasteiger charge is 2.27. The second kappa shape index (κ2) is 6.48. The molecule has 6 heteroatoms. The van der Waals surface area contributed by atoms with E-state index in [4.69, 9.17) is 4.42 Å². The van der Waals surface area contributed by atoms with Gasteiger partial charge in [-0.05, 0) is 66.6 Å². The van der Waals surface area contributed by atoms with Gasteiger partial charge in [-0.25, -0.2) is 4.39 Å². The average molecular weight is 350 g/mol. The minimum absolute atomic E-state index is 0.183. The normalized spacial score (nSPS) is 12.7. The van der Waals surface area contributed by atoms with Gasteiger partial charge in [-0.15, -0.1) is 0 Å². The third kappa shape index (κ3) is 2.97. The number of nitrogens with zero attached hydrogens (tertiary/aromatic N) is 1. The van der Waals surface area contributed by atoms with Crippen molar-refractivity contribution in [2.24, 2.45) is 0 Å². The standard InChI is InChI=1S/C20H15FN2O3/c21-15-5-3-13(4-6-15)19(24)22-16-7-8-17-14(12-16)9-10-23(17)20(25)18-2-1-11-26-18/h1-8,11-12H,9-10H2,(H,22,24). The molecule has 0 fully saturated rings. The fourth-order valence-corrected chi connectivity index (χ4v) is 3.03. The zero-order valence-electron chi connectivity index (χ0n) is 13.7. The Balaban J connectivity index is 1.52. The lowest BCUT2D eigenvalue weighted by Crippen LogP contribution is -2.28. The second-order valence-electron chi connectivity index (χ2n) is 5.99. The Labute approximate surface area is 149 Å². The molecule has 3 aromatic rings. The van der Waals surface area contributed by atoms with Crippen LogP contribution in [-0.2, 0) is 6.42 Å². The van der Waals surface area contributed by atoms with Crippen LogP contribution in [-0.4, -0.2) is 18.4 Å². The predicted molar refractivity (Wildman–Crippen MR) is 94.9 cm³/mol. The second-order valence-corrected chi connectivity index (χ2v) is 5.99. The highest BCUT2D eigenvalue weighted by Crippen LogP contribution is 2.31. The molecule has 0 atom stereocenters. The molecule has 0 spiro atoms. The Bertz CT molecular complexity index is 965. The first kappa shape index (κ1) is 16.1. The van der Waals surface area contributed by atoms with Crippen LogP contribution in [0.25, 0.3) is 0 Å². The molecule has 1 aliphatic heterocycles. The van der Waals surface area contributed by atoms with Crippen LogP contribution in [0.1, 0.15) is 26.5 Å². The number of nitrogens with one attached hydrogen (secondary N) is 1. The molecule has 0 saturated carbocycles. The number of hydrogen-bond donors (Lipinski definition) is 1. The molecule has 1 N–H and O–H groups in total. The van der Waals surface area contributed by atoms with E-state index in [0.29, 0.717) is 30.0 Å². The van der Waals surface area contributed by atoms with E-state index in [1.54, 1.807) is 23.1 Å². The van der Waals surface area contributed by atoms with E-state index < -0.39 is 0 Å². The molecular formula is C20H15FN2O3. The van der Waals surface area contributed by atoms with E-state index in [1.807, 2.05) is 12.1 Å². The summed E-state index contributed by atoms with van der Waals surface area (Å²) in [6.07, 6.45) is 2.17. The molecule has 130 valence electrons. The van der Waals surface area contributed by atoms with E-state index >= 15 is 0 Å². The fourth-order valence-electron chi connectivity index (χ4n) is 3.03. The van der Waals surface area contributed by atoms with Gasteiger partial charge >= 0.3 is 0 Å². The summed E-state index contributed by atoms with van der Waals surface area (Å²) in [5, 5.41) is 2.80. The Morgan fingerprint density at radius 3 is 2.62 bits per heavy atom. The summed E-state index contributed by atoms with van der Waals surface area (Å²) in [5.74, 6) is -0.588. The highest BCUT2D eigenvalue weighted by atomic mass is 19.1. The van der Waals surface area contributed by atoms with Gasteiger partial charge in [0.15, 0.2) is 5.76 Å². The number of fused-ring (bicyclic) bond motifs is 1. The number of carbonyl (C=O) groups is 2. The predicted octanol–water partition coefficient (Wildman–Crippen LogP) is 3.87. The third-order valence-electron chi connectivity index (χ3n) is 4.32. The first-order valence-corrected chi connectivity index (χ1v) is 8.17. The fraction of sp³-hybridized carbons (Fsp3) is 0.100. The van der Waals surface area contributed by atoms with E-state index in [9.17, 15) is 14.0 Å². The topological polar surface area (TPSA) is 62.6 Å². The van der Waals surface area contributed by atoms with Gasteiger partial charge in [0.25, 0.3) is 11.8 Å². The molecule has 0 aliphatic carbocycles. The number of halogens is 1. The summed E-state index contributed by atoms with van der Waals surface area (Å²) >= 11 is 0. The van der Waals surface area contributed by atoms with Crippen molar-refractivity contribution in [3.8, 4) is 0 Å². The van der Waals surface area contributed by atoms with Crippen LogP contribution in [0.2, 0.25) is 0 Å². The number of amides is 2. The maximum Gasteiger partial charge on any atom is 0.293 e. The molecule has 2 heterocycles. The van der Waals surface area contributed by atoms with Crippen molar-refractivity contribution in [3.05, 3.63) is 83.6 Å². The highest BCUT2D eigenvalue weighted by molar-refractivity contribution is 6.06. The number of rotatable bonds is 3. The third-order valence-corrected chi connectivity index (χ3v) is 4.32. The first-order valence-electron chi connectivity index (χ1n) is 8.17. The quantitative estimate of drug-likeness (QED) is 0.780. The van der Waals surface area contributed by atoms with Crippen molar-refractivity contribution in [2.45, 2.75) is 6.42 Å². The van der Waals surface area contributed by atoms with Gasteiger partial charge in [0.2, 0.25) is 0 Å². The Hall–Kier alpha value is -3.41. The number of hydrogen-bond acceptors (Lipinski definition) is 3. The SMILES string of the molecule is O=C(Nc1ccc2c(c1)CCN2C(=O)c1ccco1)c1ccc(F)cc1.